The first-order valence-corrected chi connectivity index (χ1v) is 11.3. The molecule has 7 heteroatoms. The van der Waals surface area contributed by atoms with Crippen molar-refractivity contribution in [3.63, 3.8) is 0 Å². The Morgan fingerprint density at radius 2 is 1.97 bits per heavy atom. The molecule has 1 N–H and O–H groups in total. The lowest BCUT2D eigenvalue weighted by molar-refractivity contribution is -0.119. The van der Waals surface area contributed by atoms with Gasteiger partial charge in [0.1, 0.15) is 5.01 Å². The van der Waals surface area contributed by atoms with E-state index in [1.165, 1.54) is 16.9 Å². The van der Waals surface area contributed by atoms with E-state index in [-0.39, 0.29) is 12.3 Å². The van der Waals surface area contributed by atoms with Crippen molar-refractivity contribution in [1.82, 2.24) is 4.98 Å². The molecule has 0 saturated carbocycles. The number of hydrogen-bond donors (Lipinski definition) is 1. The zero-order valence-electron chi connectivity index (χ0n) is 16.6. The number of anilines is 1. The maximum absolute atomic E-state index is 12.3. The summed E-state index contributed by atoms with van der Waals surface area (Å²) >= 11 is 2.93. The second-order valence-electron chi connectivity index (χ2n) is 6.31. The summed E-state index contributed by atoms with van der Waals surface area (Å²) in [5, 5.41) is 5.16. The van der Waals surface area contributed by atoms with Gasteiger partial charge in [0, 0.05) is 21.6 Å². The van der Waals surface area contributed by atoms with E-state index in [0.29, 0.717) is 5.69 Å². The van der Waals surface area contributed by atoms with E-state index >= 15 is 0 Å². The first kappa shape index (κ1) is 21.8. The number of amides is 1. The standard InChI is InChI=1S/C23H22N2O3S2/c1-3-13-29-20-8-6-5-7-18(20)24-21(26)14-28-23(27)19-15-30-22(25-19)17-11-9-16(4-2)10-12-17/h3,5-12,15H,1,4,13-14H2,2H3,(H,24,26). The van der Waals surface area contributed by atoms with E-state index in [9.17, 15) is 9.59 Å². The van der Waals surface area contributed by atoms with E-state index in [4.69, 9.17) is 4.74 Å². The third-order valence-corrected chi connectivity index (χ3v) is 6.14. The molecule has 3 rings (SSSR count). The van der Waals surface area contributed by atoms with Gasteiger partial charge in [0.05, 0.1) is 5.69 Å². The van der Waals surface area contributed by atoms with Gasteiger partial charge in [-0.15, -0.1) is 29.7 Å². The van der Waals surface area contributed by atoms with Crippen molar-refractivity contribution >= 4 is 40.7 Å². The number of benzene rings is 2. The highest BCUT2D eigenvalue weighted by Gasteiger charge is 2.15. The molecule has 0 aliphatic heterocycles. The number of thiazole rings is 1. The molecule has 2 aromatic carbocycles. The Hall–Kier alpha value is -2.90. The van der Waals surface area contributed by atoms with Crippen LogP contribution in [-0.4, -0.2) is 29.2 Å². The lowest BCUT2D eigenvalue weighted by Gasteiger charge is -2.10. The molecule has 0 fully saturated rings. The Balaban J connectivity index is 1.56. The van der Waals surface area contributed by atoms with Crippen LogP contribution in [0.3, 0.4) is 0 Å². The average Bonchev–Trinajstić information content (AvgIpc) is 3.27. The Morgan fingerprint density at radius 1 is 1.20 bits per heavy atom. The number of nitrogens with zero attached hydrogens (tertiary/aromatic N) is 1. The van der Waals surface area contributed by atoms with Crippen LogP contribution in [0.1, 0.15) is 23.0 Å². The van der Waals surface area contributed by atoms with Gasteiger partial charge in [-0.3, -0.25) is 4.79 Å². The topological polar surface area (TPSA) is 68.3 Å². The fourth-order valence-electron chi connectivity index (χ4n) is 2.62. The van der Waals surface area contributed by atoms with Gasteiger partial charge in [0.15, 0.2) is 12.3 Å². The number of para-hydroxylation sites is 1. The van der Waals surface area contributed by atoms with Gasteiger partial charge in [-0.1, -0.05) is 49.4 Å². The molecular formula is C23H22N2O3S2. The first-order chi connectivity index (χ1) is 14.6. The molecule has 1 aromatic heterocycles. The van der Waals surface area contributed by atoms with Crippen molar-refractivity contribution < 1.29 is 14.3 Å². The van der Waals surface area contributed by atoms with E-state index in [2.05, 4.69) is 23.8 Å². The number of nitrogens with one attached hydrogen (secondary N) is 1. The molecule has 0 aliphatic carbocycles. The molecule has 0 saturated heterocycles. The number of hydrogen-bond acceptors (Lipinski definition) is 6. The maximum Gasteiger partial charge on any atom is 0.358 e. The van der Waals surface area contributed by atoms with Crippen LogP contribution in [0.4, 0.5) is 5.69 Å². The lowest BCUT2D eigenvalue weighted by atomic mass is 10.1. The predicted molar refractivity (Wildman–Crippen MR) is 123 cm³/mol. The highest BCUT2D eigenvalue weighted by atomic mass is 32.2. The summed E-state index contributed by atoms with van der Waals surface area (Å²) in [6.45, 7) is 5.42. The number of ether oxygens (including phenoxy) is 1. The molecular weight excluding hydrogens is 416 g/mol. The number of thioether (sulfide) groups is 1. The van der Waals surface area contributed by atoms with E-state index < -0.39 is 11.9 Å². The number of aryl methyl sites for hydroxylation is 1. The molecule has 5 nitrogen and oxygen atoms in total. The summed E-state index contributed by atoms with van der Waals surface area (Å²) in [6.07, 6.45) is 2.76. The molecule has 0 unspecified atom stereocenters. The van der Waals surface area contributed by atoms with Crippen LogP contribution in [0.2, 0.25) is 0 Å². The molecule has 3 aromatic rings. The lowest BCUT2D eigenvalue weighted by Crippen LogP contribution is -2.21. The monoisotopic (exact) mass is 438 g/mol. The van der Waals surface area contributed by atoms with Crippen LogP contribution in [0.15, 0.2) is 71.5 Å². The van der Waals surface area contributed by atoms with Crippen molar-refractivity contribution in [1.29, 1.82) is 0 Å². The Morgan fingerprint density at radius 3 is 2.70 bits per heavy atom. The van der Waals surface area contributed by atoms with Gasteiger partial charge in [-0.2, -0.15) is 0 Å². The predicted octanol–water partition coefficient (Wildman–Crippen LogP) is 5.45. The van der Waals surface area contributed by atoms with E-state index in [0.717, 1.165) is 27.6 Å². The molecule has 1 amide bonds. The summed E-state index contributed by atoms with van der Waals surface area (Å²) in [6, 6.07) is 15.5. The minimum atomic E-state index is -0.618. The molecule has 0 aliphatic rings. The summed E-state index contributed by atoms with van der Waals surface area (Å²) in [5.41, 5.74) is 3.06. The summed E-state index contributed by atoms with van der Waals surface area (Å²) < 4.78 is 5.14. The van der Waals surface area contributed by atoms with Crippen molar-refractivity contribution in [2.45, 2.75) is 18.2 Å². The van der Waals surface area contributed by atoms with E-state index in [1.807, 2.05) is 48.5 Å². The molecule has 0 atom stereocenters. The molecule has 0 spiro atoms. The molecule has 1 heterocycles. The molecule has 0 radical (unpaired) electrons. The highest BCUT2D eigenvalue weighted by molar-refractivity contribution is 7.99. The highest BCUT2D eigenvalue weighted by Crippen LogP contribution is 2.27. The normalized spacial score (nSPS) is 10.4. The van der Waals surface area contributed by atoms with Gasteiger partial charge in [-0.25, -0.2) is 9.78 Å². The Kier molecular flexibility index (Phi) is 7.82. The minimum absolute atomic E-state index is 0.198. The smallest absolute Gasteiger partial charge is 0.358 e. The van der Waals surface area contributed by atoms with Crippen LogP contribution in [0, 0.1) is 0 Å². The van der Waals surface area contributed by atoms with Gasteiger partial charge in [-0.05, 0) is 24.1 Å². The minimum Gasteiger partial charge on any atom is -0.451 e. The number of esters is 1. The van der Waals surface area contributed by atoms with Crippen molar-refractivity contribution in [3.05, 3.63) is 77.8 Å². The van der Waals surface area contributed by atoms with Gasteiger partial charge in [0.2, 0.25) is 0 Å². The average molecular weight is 439 g/mol. The van der Waals surface area contributed by atoms with Crippen LogP contribution in [0.5, 0.6) is 0 Å². The van der Waals surface area contributed by atoms with Crippen LogP contribution in [0.25, 0.3) is 10.6 Å². The third kappa shape index (κ3) is 5.81. The fraction of sp³-hybridized carbons (Fsp3) is 0.174. The molecule has 30 heavy (non-hydrogen) atoms. The maximum atomic E-state index is 12.3. The number of carbonyl (C=O) groups excluding carboxylic acids is 2. The SMILES string of the molecule is C=CCSc1ccccc1NC(=O)COC(=O)c1csc(-c2ccc(CC)cc2)n1. The van der Waals surface area contributed by atoms with Crippen LogP contribution in [-0.2, 0) is 16.0 Å². The van der Waals surface area contributed by atoms with Crippen LogP contribution >= 0.6 is 23.1 Å². The number of rotatable bonds is 9. The van der Waals surface area contributed by atoms with Crippen molar-refractivity contribution in [3.8, 4) is 10.6 Å². The Labute approximate surface area is 184 Å². The van der Waals surface area contributed by atoms with Crippen LogP contribution < -0.4 is 5.32 Å². The molecule has 154 valence electrons. The van der Waals surface area contributed by atoms with Crippen molar-refractivity contribution in [2.75, 3.05) is 17.7 Å². The van der Waals surface area contributed by atoms with E-state index in [1.54, 1.807) is 23.2 Å². The van der Waals surface area contributed by atoms with Gasteiger partial charge < -0.3 is 10.1 Å². The largest absolute Gasteiger partial charge is 0.451 e. The Bertz CT molecular complexity index is 1030. The molecule has 0 bridgehead atoms. The quantitative estimate of drug-likeness (QED) is 0.273. The van der Waals surface area contributed by atoms with Crippen molar-refractivity contribution in [2.24, 2.45) is 0 Å². The second kappa shape index (κ2) is 10.8. The number of carbonyl (C=O) groups is 2. The summed E-state index contributed by atoms with van der Waals surface area (Å²) in [4.78, 5) is 29.8. The number of aromatic nitrogens is 1. The van der Waals surface area contributed by atoms with Gasteiger partial charge in [0.25, 0.3) is 5.91 Å². The third-order valence-electron chi connectivity index (χ3n) is 4.17. The fourth-order valence-corrected chi connectivity index (χ4v) is 4.16. The zero-order valence-corrected chi connectivity index (χ0v) is 18.2. The first-order valence-electron chi connectivity index (χ1n) is 9.45. The second-order valence-corrected chi connectivity index (χ2v) is 8.23. The van der Waals surface area contributed by atoms with Gasteiger partial charge >= 0.3 is 5.97 Å². The zero-order chi connectivity index (χ0) is 21.3. The summed E-state index contributed by atoms with van der Waals surface area (Å²) in [5.74, 6) is -0.289. The summed E-state index contributed by atoms with van der Waals surface area (Å²) in [7, 11) is 0.